The van der Waals surface area contributed by atoms with E-state index in [9.17, 15) is 0 Å². The molecule has 158 valence electrons. The Morgan fingerprint density at radius 3 is 2.20 bits per heavy atom. The minimum absolute atomic E-state index is 0. The van der Waals surface area contributed by atoms with Crippen molar-refractivity contribution in [3.8, 4) is 0 Å². The molecule has 0 aliphatic heterocycles. The summed E-state index contributed by atoms with van der Waals surface area (Å²) in [5, 5.41) is 2.97. The van der Waals surface area contributed by atoms with Gasteiger partial charge in [-0.05, 0) is 0 Å². The van der Waals surface area contributed by atoms with E-state index in [2.05, 4.69) is 50.8 Å². The Hall–Kier alpha value is -1.94. The summed E-state index contributed by atoms with van der Waals surface area (Å²) in [6.07, 6.45) is 0. The number of hydrogen-bond donors (Lipinski definition) is 1. The van der Waals surface area contributed by atoms with Crippen LogP contribution >= 0.6 is 24.0 Å². The van der Waals surface area contributed by atoms with Gasteiger partial charge in [0.15, 0.2) is 0 Å². The maximum atomic E-state index is 6.52. The molecule has 2 aromatic heterocycles. The zero-order valence-corrected chi connectivity index (χ0v) is 19.9. The predicted octanol–water partition coefficient (Wildman–Crippen LogP) is 6.83. The van der Waals surface area contributed by atoms with Crippen molar-refractivity contribution in [2.45, 2.75) is 26.7 Å². The Kier molecular flexibility index (Phi) is 8.04. The van der Waals surface area contributed by atoms with Gasteiger partial charge in [-0.1, -0.05) is 0 Å². The number of hydrogen-bond acceptors (Lipinski definition) is 3. The number of rotatable bonds is 4. The Morgan fingerprint density at radius 1 is 0.933 bits per heavy atom. The van der Waals surface area contributed by atoms with E-state index in [0.717, 1.165) is 47.1 Å². The summed E-state index contributed by atoms with van der Waals surface area (Å²) in [7, 11) is 0. The Labute approximate surface area is 195 Å². The van der Waals surface area contributed by atoms with E-state index in [-0.39, 0.29) is 18.6 Å². The van der Waals surface area contributed by atoms with Crippen LogP contribution in [-0.2, 0) is 15.0 Å². The average molecular weight is 482 g/mol. The second kappa shape index (κ2) is 9.91. The molecule has 0 bridgehead atoms. The van der Waals surface area contributed by atoms with E-state index in [4.69, 9.17) is 21.6 Å². The summed E-state index contributed by atoms with van der Waals surface area (Å²) in [6.45, 7) is 10.7. The van der Waals surface area contributed by atoms with Crippen LogP contribution < -0.4 is 10.6 Å². The van der Waals surface area contributed by atoms with Gasteiger partial charge in [-0.3, -0.25) is 0 Å². The van der Waals surface area contributed by atoms with Gasteiger partial charge >= 0.3 is 177 Å². The first-order valence-corrected chi connectivity index (χ1v) is 10.7. The van der Waals surface area contributed by atoms with Crippen LogP contribution in [0.25, 0.3) is 26.3 Å². The number of nitrogens with zero attached hydrogens (tertiary/aromatic N) is 2. The minimum atomic E-state index is 0. The molecule has 0 fully saturated rings. The fourth-order valence-electron chi connectivity index (χ4n) is 3.21. The largest absolute Gasteiger partial charge is 0.344 e. The van der Waals surface area contributed by atoms with Gasteiger partial charge in [0, 0.05) is 0 Å². The molecule has 0 radical (unpaired) electrons. The van der Waals surface area contributed by atoms with Gasteiger partial charge in [0.2, 0.25) is 0 Å². The second-order valence-electron chi connectivity index (χ2n) is 7.12. The number of pyridine rings is 2. The van der Waals surface area contributed by atoms with Crippen LogP contribution in [0.15, 0.2) is 61.2 Å². The Balaban J connectivity index is 0.00000160. The molecule has 0 amide bonds. The number of aromatic nitrogens is 2. The van der Waals surface area contributed by atoms with Gasteiger partial charge in [-0.25, -0.2) is 0 Å². The molecule has 4 rings (SSSR count). The van der Waals surface area contributed by atoms with Crippen molar-refractivity contribution in [1.29, 1.82) is 0 Å². The molecule has 0 unspecified atom stereocenters. The summed E-state index contributed by atoms with van der Waals surface area (Å²) in [5.41, 5.74) is 5.00. The van der Waals surface area contributed by atoms with Crippen molar-refractivity contribution in [2.24, 2.45) is 0 Å². The van der Waals surface area contributed by atoms with Crippen LogP contribution in [0.4, 0.5) is 0 Å². The van der Waals surface area contributed by atoms with Gasteiger partial charge in [-0.2, -0.15) is 0 Å². The Morgan fingerprint density at radius 2 is 1.53 bits per heavy atom. The predicted molar refractivity (Wildman–Crippen MR) is 128 cm³/mol. The van der Waals surface area contributed by atoms with Gasteiger partial charge in [0.1, 0.15) is 0 Å². The SMILES string of the molecule is C=[C]([Fe][c]1c(Cl)cccc1C(C)C)c1ccc2ccc3ccc(C)nc3c2n1.Cl.N. The summed E-state index contributed by atoms with van der Waals surface area (Å²) in [4.78, 5) is 9.67. The van der Waals surface area contributed by atoms with Gasteiger partial charge in [0.05, 0.1) is 0 Å². The van der Waals surface area contributed by atoms with Crippen LogP contribution in [0.2, 0.25) is 5.02 Å². The fraction of sp³-hybridized carbons (Fsp3) is 0.167. The van der Waals surface area contributed by atoms with Crippen LogP contribution in [-0.4, -0.2) is 9.97 Å². The maximum absolute atomic E-state index is 6.52. The molecule has 0 saturated heterocycles. The van der Waals surface area contributed by atoms with Crippen LogP contribution in [0, 0.1) is 6.92 Å². The van der Waals surface area contributed by atoms with Crippen LogP contribution in [0.5, 0.6) is 0 Å². The molecule has 0 spiro atoms. The van der Waals surface area contributed by atoms with Crippen molar-refractivity contribution in [3.63, 3.8) is 0 Å². The van der Waals surface area contributed by atoms with E-state index in [0.29, 0.717) is 20.9 Å². The van der Waals surface area contributed by atoms with Crippen LogP contribution in [0.3, 0.4) is 0 Å². The van der Waals surface area contributed by atoms with Crippen molar-refractivity contribution in [2.75, 3.05) is 0 Å². The average Bonchev–Trinajstić information content (AvgIpc) is 2.68. The molecule has 2 aromatic carbocycles. The first kappa shape index (κ1) is 24.3. The number of benzene rings is 2. The quantitative estimate of drug-likeness (QED) is 0.256. The number of halogens is 2. The monoisotopic (exact) mass is 481 g/mol. The molecular formula is C24H25Cl2FeN3. The van der Waals surface area contributed by atoms with Gasteiger partial charge in [0.25, 0.3) is 0 Å². The van der Waals surface area contributed by atoms with Crippen LogP contribution in [0.1, 0.15) is 36.7 Å². The number of aryl methyl sites for hydroxylation is 1. The third-order valence-electron chi connectivity index (χ3n) is 4.72. The molecule has 30 heavy (non-hydrogen) atoms. The summed E-state index contributed by atoms with van der Waals surface area (Å²) in [6, 6.07) is 18.6. The third-order valence-corrected chi connectivity index (χ3v) is 6.69. The molecule has 4 aromatic rings. The summed E-state index contributed by atoms with van der Waals surface area (Å²) in [5.74, 6) is 0.405. The minimum Gasteiger partial charge on any atom is -0.344 e. The first-order chi connectivity index (χ1) is 13.4. The zero-order chi connectivity index (χ0) is 19.8. The van der Waals surface area contributed by atoms with Gasteiger partial charge < -0.3 is 6.15 Å². The molecule has 0 saturated carbocycles. The Bertz CT molecular complexity index is 1220. The standard InChI is InChI=1S/C15H11N2.C9H10Cl.ClH.Fe.H3N/c1-3-13-9-8-12-7-6-11-5-4-10(2)16-14(11)15(12)17-13;1-7(2)8-4-3-5-9(10)6-8;;;/h4-9H,1H2,2H3;3-5,7H,1-2H3;1H;;1H3. The normalized spacial score (nSPS) is 10.8. The maximum Gasteiger partial charge on any atom is -0.147 e. The molecule has 0 atom stereocenters. The molecule has 0 aliphatic rings. The molecular weight excluding hydrogens is 457 g/mol. The summed E-state index contributed by atoms with van der Waals surface area (Å²) >= 11 is 7.21. The zero-order valence-electron chi connectivity index (χ0n) is 17.2. The molecule has 2 heterocycles. The topological polar surface area (TPSA) is 60.8 Å². The second-order valence-corrected chi connectivity index (χ2v) is 9.02. The van der Waals surface area contributed by atoms with E-state index in [1.807, 2.05) is 31.2 Å². The van der Waals surface area contributed by atoms with Crippen molar-refractivity contribution >= 4 is 54.7 Å². The smallest absolute Gasteiger partial charge is 0.147 e. The molecule has 3 nitrogen and oxygen atoms in total. The van der Waals surface area contributed by atoms with E-state index in [1.54, 1.807) is 0 Å². The molecule has 6 heteroatoms. The number of fused-ring (bicyclic) bond motifs is 3. The third kappa shape index (κ3) is 4.69. The van der Waals surface area contributed by atoms with E-state index in [1.165, 1.54) is 5.56 Å². The van der Waals surface area contributed by atoms with Crippen molar-refractivity contribution in [1.82, 2.24) is 16.1 Å². The molecule has 3 N–H and O–H groups in total. The fourth-order valence-corrected chi connectivity index (χ4v) is 4.96. The molecule has 0 aliphatic carbocycles. The van der Waals surface area contributed by atoms with Crippen molar-refractivity contribution in [3.05, 3.63) is 83.2 Å². The van der Waals surface area contributed by atoms with E-state index >= 15 is 0 Å². The first-order valence-electron chi connectivity index (χ1n) is 9.21. The van der Waals surface area contributed by atoms with Gasteiger partial charge in [-0.15, -0.1) is 12.4 Å². The summed E-state index contributed by atoms with van der Waals surface area (Å²) < 4.78 is 2.10. The van der Waals surface area contributed by atoms with Crippen molar-refractivity contribution < 1.29 is 15.0 Å². The van der Waals surface area contributed by atoms with E-state index < -0.39 is 0 Å².